The molecule has 0 aromatic heterocycles. The minimum absolute atomic E-state index is 0.0645. The average Bonchev–Trinajstić information content (AvgIpc) is 2.71. The fourth-order valence-electron chi connectivity index (χ4n) is 3.20. The van der Waals surface area contributed by atoms with E-state index in [1.807, 2.05) is 18.2 Å². The molecule has 2 aromatic carbocycles. The minimum atomic E-state index is -3.76. The molecule has 27 heavy (non-hydrogen) atoms. The predicted molar refractivity (Wildman–Crippen MR) is 102 cm³/mol. The topological polar surface area (TPSA) is 84.9 Å². The Bertz CT molecular complexity index is 972. The van der Waals surface area contributed by atoms with Crippen LogP contribution in [0.2, 0.25) is 0 Å². The number of aryl methyl sites for hydroxylation is 1. The maximum Gasteiger partial charge on any atom is 0.258 e. The van der Waals surface area contributed by atoms with E-state index in [1.165, 1.54) is 26.3 Å². The summed E-state index contributed by atoms with van der Waals surface area (Å²) in [5.74, 6) is 0.677. The van der Waals surface area contributed by atoms with Crippen molar-refractivity contribution in [3.05, 3.63) is 47.5 Å². The third kappa shape index (κ3) is 3.63. The number of hydrogen-bond acceptors (Lipinski definition) is 5. The molecule has 0 unspecified atom stereocenters. The Labute approximate surface area is 158 Å². The van der Waals surface area contributed by atoms with Gasteiger partial charge < -0.3 is 14.4 Å². The number of methoxy groups -OCH3 is 2. The maximum atomic E-state index is 13.1. The molecule has 0 saturated carbocycles. The molecule has 0 spiro atoms. The van der Waals surface area contributed by atoms with Crippen molar-refractivity contribution >= 4 is 21.6 Å². The molecular weight excluding hydrogens is 368 g/mol. The second-order valence-electron chi connectivity index (χ2n) is 6.13. The van der Waals surface area contributed by atoms with Gasteiger partial charge in [0.1, 0.15) is 16.4 Å². The van der Waals surface area contributed by atoms with Crippen molar-refractivity contribution in [2.24, 2.45) is 0 Å². The van der Waals surface area contributed by atoms with Crippen LogP contribution in [0.25, 0.3) is 0 Å². The summed E-state index contributed by atoms with van der Waals surface area (Å²) >= 11 is 0. The van der Waals surface area contributed by atoms with Crippen molar-refractivity contribution in [3.8, 4) is 11.5 Å². The van der Waals surface area contributed by atoms with E-state index in [0.29, 0.717) is 6.54 Å². The summed E-state index contributed by atoms with van der Waals surface area (Å²) in [5.41, 5.74) is 2.14. The van der Waals surface area contributed by atoms with Crippen molar-refractivity contribution in [1.29, 1.82) is 0 Å². The quantitative estimate of drug-likeness (QED) is 0.846. The van der Waals surface area contributed by atoms with Gasteiger partial charge in [-0.3, -0.25) is 4.79 Å². The van der Waals surface area contributed by atoms with Gasteiger partial charge in [-0.2, -0.15) is 0 Å². The molecule has 1 heterocycles. The van der Waals surface area contributed by atoms with Crippen molar-refractivity contribution < 1.29 is 22.7 Å². The SMILES string of the molecule is CNS(=O)(=O)c1cc(C(=O)N2CCCc3cc(OC)ccc32)ccc1OC. The van der Waals surface area contributed by atoms with Gasteiger partial charge in [0.05, 0.1) is 14.2 Å². The first-order valence-electron chi connectivity index (χ1n) is 8.51. The van der Waals surface area contributed by atoms with E-state index >= 15 is 0 Å². The molecule has 0 aliphatic carbocycles. The lowest BCUT2D eigenvalue weighted by molar-refractivity contribution is 0.0985. The third-order valence-corrected chi connectivity index (χ3v) is 6.05. The van der Waals surface area contributed by atoms with Crippen molar-refractivity contribution in [3.63, 3.8) is 0 Å². The number of amides is 1. The summed E-state index contributed by atoms with van der Waals surface area (Å²) < 4.78 is 37.2. The molecule has 1 aliphatic heterocycles. The molecule has 0 atom stereocenters. The number of benzene rings is 2. The Morgan fingerprint density at radius 3 is 2.56 bits per heavy atom. The van der Waals surface area contributed by atoms with Gasteiger partial charge in [0, 0.05) is 17.8 Å². The fraction of sp³-hybridized carbons (Fsp3) is 0.316. The number of sulfonamides is 1. The van der Waals surface area contributed by atoms with Crippen molar-refractivity contribution in [2.75, 3.05) is 32.7 Å². The number of nitrogens with zero attached hydrogens (tertiary/aromatic N) is 1. The van der Waals surface area contributed by atoms with Gasteiger partial charge in [0.2, 0.25) is 10.0 Å². The third-order valence-electron chi connectivity index (χ3n) is 4.62. The minimum Gasteiger partial charge on any atom is -0.497 e. The first-order valence-corrected chi connectivity index (χ1v) is 10.00. The Morgan fingerprint density at radius 2 is 1.89 bits per heavy atom. The number of carbonyl (C=O) groups is 1. The fourth-order valence-corrected chi connectivity index (χ4v) is 4.12. The monoisotopic (exact) mass is 390 g/mol. The zero-order chi connectivity index (χ0) is 19.6. The molecule has 0 bridgehead atoms. The molecule has 0 radical (unpaired) electrons. The number of carbonyl (C=O) groups excluding carboxylic acids is 1. The molecule has 3 rings (SSSR count). The zero-order valence-corrected chi connectivity index (χ0v) is 16.3. The van der Waals surface area contributed by atoms with Crippen LogP contribution in [0.5, 0.6) is 11.5 Å². The molecule has 8 heteroatoms. The highest BCUT2D eigenvalue weighted by atomic mass is 32.2. The van der Waals surface area contributed by atoms with Crippen LogP contribution in [0.4, 0.5) is 5.69 Å². The van der Waals surface area contributed by atoms with Crippen LogP contribution in [-0.4, -0.2) is 42.1 Å². The molecular formula is C19H22N2O5S. The highest BCUT2D eigenvalue weighted by Gasteiger charge is 2.26. The van der Waals surface area contributed by atoms with Gasteiger partial charge in [0.25, 0.3) is 5.91 Å². The van der Waals surface area contributed by atoms with E-state index in [4.69, 9.17) is 9.47 Å². The van der Waals surface area contributed by atoms with Crippen LogP contribution in [0.3, 0.4) is 0 Å². The van der Waals surface area contributed by atoms with Crippen LogP contribution in [0.15, 0.2) is 41.3 Å². The molecule has 1 amide bonds. The first-order chi connectivity index (χ1) is 12.9. The first kappa shape index (κ1) is 19.2. The lowest BCUT2D eigenvalue weighted by Crippen LogP contribution is -2.35. The van der Waals surface area contributed by atoms with Gasteiger partial charge in [-0.25, -0.2) is 13.1 Å². The van der Waals surface area contributed by atoms with Gasteiger partial charge in [-0.05, 0) is 61.9 Å². The summed E-state index contributed by atoms with van der Waals surface area (Å²) in [5, 5.41) is 0. The normalized spacial score (nSPS) is 13.8. The molecule has 2 aromatic rings. The van der Waals surface area contributed by atoms with Crippen LogP contribution < -0.4 is 19.1 Å². The molecule has 144 valence electrons. The summed E-state index contributed by atoms with van der Waals surface area (Å²) in [4.78, 5) is 14.7. The Hall–Kier alpha value is -2.58. The lowest BCUT2D eigenvalue weighted by atomic mass is 10.0. The van der Waals surface area contributed by atoms with Crippen LogP contribution in [0, 0.1) is 0 Å². The number of anilines is 1. The van der Waals surface area contributed by atoms with Gasteiger partial charge in [-0.1, -0.05) is 0 Å². The van der Waals surface area contributed by atoms with Gasteiger partial charge >= 0.3 is 0 Å². The Balaban J connectivity index is 2.02. The molecule has 1 aliphatic rings. The number of nitrogens with one attached hydrogen (secondary N) is 1. The van der Waals surface area contributed by atoms with Crippen molar-refractivity contribution in [2.45, 2.75) is 17.7 Å². The molecule has 0 saturated heterocycles. The highest BCUT2D eigenvalue weighted by molar-refractivity contribution is 7.89. The maximum absolute atomic E-state index is 13.1. The lowest BCUT2D eigenvalue weighted by Gasteiger charge is -2.30. The summed E-state index contributed by atoms with van der Waals surface area (Å²) in [6, 6.07) is 10.0. The molecule has 7 nitrogen and oxygen atoms in total. The summed E-state index contributed by atoms with van der Waals surface area (Å²) in [6.07, 6.45) is 1.68. The van der Waals surface area contributed by atoms with E-state index < -0.39 is 10.0 Å². The molecule has 0 fully saturated rings. The second kappa shape index (κ2) is 7.58. The van der Waals surface area contributed by atoms with Gasteiger partial charge in [-0.15, -0.1) is 0 Å². The smallest absolute Gasteiger partial charge is 0.258 e. The number of hydrogen-bond donors (Lipinski definition) is 1. The summed E-state index contributed by atoms with van der Waals surface area (Å²) in [7, 11) is 0.552. The van der Waals surface area contributed by atoms with Gasteiger partial charge in [0.15, 0.2) is 0 Å². The Kier molecular flexibility index (Phi) is 5.38. The van der Waals surface area contributed by atoms with E-state index in [0.717, 1.165) is 29.8 Å². The number of fused-ring (bicyclic) bond motifs is 1. The van der Waals surface area contributed by atoms with E-state index in [1.54, 1.807) is 18.1 Å². The van der Waals surface area contributed by atoms with Crippen LogP contribution >= 0.6 is 0 Å². The Morgan fingerprint density at radius 1 is 1.11 bits per heavy atom. The predicted octanol–water partition coefficient (Wildman–Crippen LogP) is 2.20. The number of rotatable bonds is 5. The van der Waals surface area contributed by atoms with Crippen LogP contribution in [-0.2, 0) is 16.4 Å². The van der Waals surface area contributed by atoms with E-state index in [2.05, 4.69) is 4.72 Å². The average molecular weight is 390 g/mol. The largest absolute Gasteiger partial charge is 0.497 e. The standard InChI is InChI=1S/C19H22N2O5S/c1-20-27(23,24)18-12-14(6-9-17(18)26-3)19(22)21-10-4-5-13-11-15(25-2)7-8-16(13)21/h6-9,11-12,20H,4-5,10H2,1-3H3. The van der Waals surface area contributed by atoms with Crippen LogP contribution in [0.1, 0.15) is 22.3 Å². The molecule has 1 N–H and O–H groups in total. The summed E-state index contributed by atoms with van der Waals surface area (Å²) in [6.45, 7) is 0.568. The van der Waals surface area contributed by atoms with E-state index in [-0.39, 0.29) is 22.1 Å². The zero-order valence-electron chi connectivity index (χ0n) is 15.5. The van der Waals surface area contributed by atoms with Crippen molar-refractivity contribution in [1.82, 2.24) is 4.72 Å². The second-order valence-corrected chi connectivity index (χ2v) is 7.98. The highest BCUT2D eigenvalue weighted by Crippen LogP contribution is 2.32. The number of ether oxygens (including phenoxy) is 2. The van der Waals surface area contributed by atoms with E-state index in [9.17, 15) is 13.2 Å².